The Morgan fingerprint density at radius 1 is 1.30 bits per heavy atom. The lowest BCUT2D eigenvalue weighted by molar-refractivity contribution is -0.121. The first-order valence-electron chi connectivity index (χ1n) is 7.21. The summed E-state index contributed by atoms with van der Waals surface area (Å²) in [4.78, 5) is 11.8. The van der Waals surface area contributed by atoms with Crippen LogP contribution in [0.2, 0.25) is 0 Å². The Kier molecular flexibility index (Phi) is 6.74. The highest BCUT2D eigenvalue weighted by molar-refractivity contribution is 7.99. The fourth-order valence-electron chi connectivity index (χ4n) is 2.15. The van der Waals surface area contributed by atoms with Crippen molar-refractivity contribution in [2.75, 3.05) is 36.5 Å². The van der Waals surface area contributed by atoms with Crippen molar-refractivity contribution >= 4 is 23.4 Å². The van der Waals surface area contributed by atoms with Crippen molar-refractivity contribution in [3.63, 3.8) is 0 Å². The molecule has 1 heterocycles. The molecule has 1 aromatic carbocycles. The standard InChI is InChI=1S/C15H23N3OS/c19-15(11-14-12-20-10-9-17-14)18-8-4-7-16-13-5-2-1-3-6-13/h1-3,5-6,14,16-17H,4,7-12H2,(H,18,19). The van der Waals surface area contributed by atoms with Crippen LogP contribution < -0.4 is 16.0 Å². The smallest absolute Gasteiger partial charge is 0.221 e. The Labute approximate surface area is 125 Å². The van der Waals surface area contributed by atoms with E-state index in [4.69, 9.17) is 0 Å². The SMILES string of the molecule is O=C(CC1CSCCN1)NCCCNc1ccccc1. The van der Waals surface area contributed by atoms with Crippen LogP contribution in [0.15, 0.2) is 30.3 Å². The summed E-state index contributed by atoms with van der Waals surface area (Å²) < 4.78 is 0. The van der Waals surface area contributed by atoms with Crippen LogP contribution in [0.4, 0.5) is 5.69 Å². The predicted octanol–water partition coefficient (Wildman–Crippen LogP) is 1.70. The minimum absolute atomic E-state index is 0.157. The van der Waals surface area contributed by atoms with Crippen LogP contribution in [0.3, 0.4) is 0 Å². The quantitative estimate of drug-likeness (QED) is 0.670. The lowest BCUT2D eigenvalue weighted by Crippen LogP contribution is -2.41. The van der Waals surface area contributed by atoms with Gasteiger partial charge in [-0.25, -0.2) is 0 Å². The average Bonchev–Trinajstić information content (AvgIpc) is 2.49. The van der Waals surface area contributed by atoms with Gasteiger partial charge >= 0.3 is 0 Å². The molecule has 0 radical (unpaired) electrons. The summed E-state index contributed by atoms with van der Waals surface area (Å²) in [6.45, 7) is 2.63. The van der Waals surface area contributed by atoms with E-state index in [0.29, 0.717) is 12.5 Å². The third-order valence-corrected chi connectivity index (χ3v) is 4.34. The Balaban J connectivity index is 1.51. The number of thioether (sulfide) groups is 1. The minimum atomic E-state index is 0.157. The van der Waals surface area contributed by atoms with Gasteiger partial charge in [0.15, 0.2) is 0 Å². The van der Waals surface area contributed by atoms with Crippen molar-refractivity contribution in [3.8, 4) is 0 Å². The second kappa shape index (κ2) is 8.87. The molecule has 1 fully saturated rings. The third kappa shape index (κ3) is 5.84. The summed E-state index contributed by atoms with van der Waals surface area (Å²) in [5, 5.41) is 9.70. The number of rotatable bonds is 7. The molecule has 0 saturated carbocycles. The van der Waals surface area contributed by atoms with Crippen LogP contribution in [-0.2, 0) is 4.79 Å². The van der Waals surface area contributed by atoms with Crippen LogP contribution in [0, 0.1) is 0 Å². The molecule has 1 atom stereocenters. The normalized spacial score (nSPS) is 18.5. The summed E-state index contributed by atoms with van der Waals surface area (Å²) in [5.41, 5.74) is 1.13. The molecule has 5 heteroatoms. The number of carbonyl (C=O) groups is 1. The molecule has 1 unspecified atom stereocenters. The fraction of sp³-hybridized carbons (Fsp3) is 0.533. The number of para-hydroxylation sites is 1. The second-order valence-corrected chi connectivity index (χ2v) is 6.08. The van der Waals surface area contributed by atoms with E-state index in [0.717, 1.165) is 43.2 Å². The van der Waals surface area contributed by atoms with E-state index in [2.05, 4.69) is 16.0 Å². The highest BCUT2D eigenvalue weighted by Crippen LogP contribution is 2.09. The van der Waals surface area contributed by atoms with Crippen molar-refractivity contribution < 1.29 is 4.79 Å². The number of hydrogen-bond acceptors (Lipinski definition) is 4. The first-order valence-corrected chi connectivity index (χ1v) is 8.37. The molecule has 1 aliphatic heterocycles. The van der Waals surface area contributed by atoms with Gasteiger partial charge in [0.2, 0.25) is 5.91 Å². The molecule has 1 amide bonds. The van der Waals surface area contributed by atoms with Crippen LogP contribution in [0.1, 0.15) is 12.8 Å². The molecule has 3 N–H and O–H groups in total. The third-order valence-electron chi connectivity index (χ3n) is 3.21. The van der Waals surface area contributed by atoms with Crippen molar-refractivity contribution in [2.45, 2.75) is 18.9 Å². The van der Waals surface area contributed by atoms with Gasteiger partial charge in [-0.05, 0) is 18.6 Å². The van der Waals surface area contributed by atoms with Crippen LogP contribution in [0.25, 0.3) is 0 Å². The first kappa shape index (κ1) is 15.2. The van der Waals surface area contributed by atoms with Gasteiger partial charge in [-0.2, -0.15) is 11.8 Å². The van der Waals surface area contributed by atoms with E-state index >= 15 is 0 Å². The van der Waals surface area contributed by atoms with Gasteiger partial charge < -0.3 is 16.0 Å². The molecule has 0 aliphatic carbocycles. The maximum absolute atomic E-state index is 11.8. The van der Waals surface area contributed by atoms with E-state index in [-0.39, 0.29) is 5.91 Å². The molecule has 1 aromatic rings. The van der Waals surface area contributed by atoms with E-state index in [1.807, 2.05) is 42.1 Å². The number of anilines is 1. The predicted molar refractivity (Wildman–Crippen MR) is 86.3 cm³/mol. The Morgan fingerprint density at radius 2 is 2.15 bits per heavy atom. The number of nitrogens with one attached hydrogen (secondary N) is 3. The van der Waals surface area contributed by atoms with Gasteiger partial charge in [-0.3, -0.25) is 4.79 Å². The molecular formula is C15H23N3OS. The zero-order valence-electron chi connectivity index (χ0n) is 11.7. The highest BCUT2D eigenvalue weighted by atomic mass is 32.2. The lowest BCUT2D eigenvalue weighted by Gasteiger charge is -2.22. The summed E-state index contributed by atoms with van der Waals surface area (Å²) in [6.07, 6.45) is 1.53. The lowest BCUT2D eigenvalue weighted by atomic mass is 10.2. The summed E-state index contributed by atoms with van der Waals surface area (Å²) in [6, 6.07) is 10.5. The number of amides is 1. The largest absolute Gasteiger partial charge is 0.385 e. The topological polar surface area (TPSA) is 53.2 Å². The molecule has 2 rings (SSSR count). The van der Waals surface area contributed by atoms with Gasteiger partial charge in [0.25, 0.3) is 0 Å². The van der Waals surface area contributed by atoms with Gasteiger partial charge in [0.05, 0.1) is 0 Å². The maximum atomic E-state index is 11.8. The number of carbonyl (C=O) groups excluding carboxylic acids is 1. The van der Waals surface area contributed by atoms with Crippen LogP contribution >= 0.6 is 11.8 Å². The minimum Gasteiger partial charge on any atom is -0.385 e. The van der Waals surface area contributed by atoms with Gasteiger partial charge in [-0.1, -0.05) is 18.2 Å². The van der Waals surface area contributed by atoms with Crippen LogP contribution in [-0.4, -0.2) is 43.1 Å². The van der Waals surface area contributed by atoms with Gasteiger partial charge in [0, 0.05) is 49.3 Å². The van der Waals surface area contributed by atoms with E-state index in [1.165, 1.54) is 0 Å². The summed E-state index contributed by atoms with van der Waals surface area (Å²) in [7, 11) is 0. The maximum Gasteiger partial charge on any atom is 0.221 e. The van der Waals surface area contributed by atoms with Crippen molar-refractivity contribution in [1.82, 2.24) is 10.6 Å². The zero-order chi connectivity index (χ0) is 14.0. The van der Waals surface area contributed by atoms with Crippen molar-refractivity contribution in [3.05, 3.63) is 30.3 Å². The van der Waals surface area contributed by atoms with Gasteiger partial charge in [-0.15, -0.1) is 0 Å². The fourth-order valence-corrected chi connectivity index (χ4v) is 3.10. The molecule has 1 aliphatic rings. The van der Waals surface area contributed by atoms with E-state index in [9.17, 15) is 4.79 Å². The Bertz CT molecular complexity index is 393. The molecule has 0 bridgehead atoms. The second-order valence-electron chi connectivity index (χ2n) is 4.93. The zero-order valence-corrected chi connectivity index (χ0v) is 12.5. The van der Waals surface area contributed by atoms with Crippen LogP contribution in [0.5, 0.6) is 0 Å². The summed E-state index contributed by atoms with van der Waals surface area (Å²) in [5.74, 6) is 2.36. The molecule has 20 heavy (non-hydrogen) atoms. The molecular weight excluding hydrogens is 270 g/mol. The first-order chi connectivity index (χ1) is 9.84. The molecule has 0 spiro atoms. The van der Waals surface area contributed by atoms with Gasteiger partial charge in [0.1, 0.15) is 0 Å². The summed E-state index contributed by atoms with van der Waals surface area (Å²) >= 11 is 1.92. The number of hydrogen-bond donors (Lipinski definition) is 3. The highest BCUT2D eigenvalue weighted by Gasteiger charge is 2.15. The average molecular weight is 293 g/mol. The van der Waals surface area contributed by atoms with E-state index in [1.54, 1.807) is 0 Å². The van der Waals surface area contributed by atoms with Crippen molar-refractivity contribution in [2.24, 2.45) is 0 Å². The molecule has 110 valence electrons. The Morgan fingerprint density at radius 3 is 2.90 bits per heavy atom. The molecule has 0 aromatic heterocycles. The van der Waals surface area contributed by atoms with Crippen molar-refractivity contribution in [1.29, 1.82) is 0 Å². The molecule has 4 nitrogen and oxygen atoms in total. The monoisotopic (exact) mass is 293 g/mol. The Hall–Kier alpha value is -1.20. The van der Waals surface area contributed by atoms with E-state index < -0.39 is 0 Å². The number of benzene rings is 1. The molecule has 1 saturated heterocycles.